The monoisotopic (exact) mass is 383 g/mol. The first-order valence-electron chi connectivity index (χ1n) is 8.18. The molecular weight excluding hydrogens is 361 g/mol. The van der Waals surface area contributed by atoms with Crippen LogP contribution in [0.4, 0.5) is 0 Å². The van der Waals surface area contributed by atoms with Crippen molar-refractivity contribution in [3.63, 3.8) is 0 Å². The SMILES string of the molecule is Cc1cc(C)n(-c2ccc(Cl)c(C(=O)NC3CCNC(C)C3)n2)n1.Cl. The third kappa shape index (κ3) is 4.51. The highest BCUT2D eigenvalue weighted by atomic mass is 35.5. The fraction of sp³-hybridized carbons (Fsp3) is 0.471. The quantitative estimate of drug-likeness (QED) is 0.854. The summed E-state index contributed by atoms with van der Waals surface area (Å²) in [5, 5.41) is 11.2. The molecule has 0 saturated carbocycles. The molecular formula is C17H23Cl2N5O. The molecule has 1 fully saturated rings. The van der Waals surface area contributed by atoms with Crippen LogP contribution in [-0.2, 0) is 0 Å². The zero-order valence-corrected chi connectivity index (χ0v) is 16.1. The van der Waals surface area contributed by atoms with Crippen LogP contribution in [-0.4, -0.2) is 39.3 Å². The number of amides is 1. The lowest BCUT2D eigenvalue weighted by molar-refractivity contribution is 0.0920. The first-order chi connectivity index (χ1) is 11.4. The number of aryl methyl sites for hydroxylation is 2. The summed E-state index contributed by atoms with van der Waals surface area (Å²) in [6, 6.07) is 5.97. The van der Waals surface area contributed by atoms with Crippen molar-refractivity contribution in [2.45, 2.75) is 45.7 Å². The summed E-state index contributed by atoms with van der Waals surface area (Å²) in [6.45, 7) is 6.89. The molecule has 1 amide bonds. The number of carbonyl (C=O) groups is 1. The predicted octanol–water partition coefficient (Wildman–Crippen LogP) is 2.83. The molecule has 3 heterocycles. The van der Waals surface area contributed by atoms with Crippen molar-refractivity contribution in [3.8, 4) is 5.82 Å². The van der Waals surface area contributed by atoms with Gasteiger partial charge in [-0.2, -0.15) is 5.10 Å². The van der Waals surface area contributed by atoms with Crippen molar-refractivity contribution in [1.29, 1.82) is 0 Å². The fourth-order valence-corrected chi connectivity index (χ4v) is 3.28. The van der Waals surface area contributed by atoms with Gasteiger partial charge in [0.15, 0.2) is 5.82 Å². The number of halogens is 2. The number of hydrogen-bond acceptors (Lipinski definition) is 4. The zero-order valence-electron chi connectivity index (χ0n) is 14.5. The van der Waals surface area contributed by atoms with Gasteiger partial charge in [-0.05, 0) is 58.4 Å². The maximum Gasteiger partial charge on any atom is 0.271 e. The van der Waals surface area contributed by atoms with Crippen LogP contribution in [0, 0.1) is 13.8 Å². The van der Waals surface area contributed by atoms with Crippen LogP contribution in [0.15, 0.2) is 18.2 Å². The average molecular weight is 384 g/mol. The molecule has 25 heavy (non-hydrogen) atoms. The molecule has 2 atom stereocenters. The van der Waals surface area contributed by atoms with Gasteiger partial charge in [0.25, 0.3) is 5.91 Å². The van der Waals surface area contributed by atoms with Gasteiger partial charge in [-0.15, -0.1) is 12.4 Å². The average Bonchev–Trinajstić information content (AvgIpc) is 2.86. The van der Waals surface area contributed by atoms with Crippen molar-refractivity contribution in [2.24, 2.45) is 0 Å². The van der Waals surface area contributed by atoms with Gasteiger partial charge < -0.3 is 10.6 Å². The highest BCUT2D eigenvalue weighted by Crippen LogP contribution is 2.18. The smallest absolute Gasteiger partial charge is 0.271 e. The van der Waals surface area contributed by atoms with Crippen molar-refractivity contribution in [2.75, 3.05) is 6.54 Å². The Morgan fingerprint density at radius 3 is 2.80 bits per heavy atom. The van der Waals surface area contributed by atoms with E-state index in [2.05, 4.69) is 27.6 Å². The van der Waals surface area contributed by atoms with Crippen molar-refractivity contribution in [1.82, 2.24) is 25.4 Å². The Bertz CT molecular complexity index is 761. The van der Waals surface area contributed by atoms with E-state index in [0.29, 0.717) is 16.9 Å². The molecule has 2 aromatic rings. The topological polar surface area (TPSA) is 71.8 Å². The van der Waals surface area contributed by atoms with Crippen LogP contribution < -0.4 is 10.6 Å². The van der Waals surface area contributed by atoms with E-state index in [1.54, 1.807) is 16.8 Å². The Morgan fingerprint density at radius 2 is 2.16 bits per heavy atom. The van der Waals surface area contributed by atoms with E-state index >= 15 is 0 Å². The summed E-state index contributed by atoms with van der Waals surface area (Å²) in [7, 11) is 0. The summed E-state index contributed by atoms with van der Waals surface area (Å²) in [4.78, 5) is 17.0. The molecule has 2 aromatic heterocycles. The zero-order chi connectivity index (χ0) is 17.3. The Morgan fingerprint density at radius 1 is 1.40 bits per heavy atom. The number of nitrogens with zero attached hydrogens (tertiary/aromatic N) is 3. The largest absolute Gasteiger partial charge is 0.348 e. The third-order valence-corrected chi connectivity index (χ3v) is 4.54. The summed E-state index contributed by atoms with van der Waals surface area (Å²) >= 11 is 6.20. The number of rotatable bonds is 3. The standard InChI is InChI=1S/C17H22ClN5O.ClH/c1-10-9-13(6-7-19-10)20-17(24)16-14(18)4-5-15(21-16)23-12(3)8-11(2)22-23;/h4-5,8,10,13,19H,6-7,9H2,1-3H3,(H,20,24);1H. The summed E-state index contributed by atoms with van der Waals surface area (Å²) in [6.07, 6.45) is 1.81. The van der Waals surface area contributed by atoms with E-state index in [9.17, 15) is 4.79 Å². The molecule has 0 aromatic carbocycles. The molecule has 6 nitrogen and oxygen atoms in total. The number of pyridine rings is 1. The lowest BCUT2D eigenvalue weighted by atomic mass is 10.0. The van der Waals surface area contributed by atoms with Gasteiger partial charge in [0, 0.05) is 17.8 Å². The second-order valence-corrected chi connectivity index (χ2v) is 6.80. The molecule has 2 N–H and O–H groups in total. The van der Waals surface area contributed by atoms with Gasteiger partial charge in [0.05, 0.1) is 10.7 Å². The normalized spacial score (nSPS) is 20.0. The second-order valence-electron chi connectivity index (χ2n) is 6.39. The van der Waals surface area contributed by atoms with Gasteiger partial charge >= 0.3 is 0 Å². The molecule has 2 unspecified atom stereocenters. The fourth-order valence-electron chi connectivity index (χ4n) is 3.09. The van der Waals surface area contributed by atoms with E-state index in [-0.39, 0.29) is 30.0 Å². The van der Waals surface area contributed by atoms with E-state index in [1.165, 1.54) is 0 Å². The Kier molecular flexibility index (Phi) is 6.43. The maximum atomic E-state index is 12.6. The van der Waals surface area contributed by atoms with E-state index in [0.717, 1.165) is 30.8 Å². The number of carbonyl (C=O) groups excluding carboxylic acids is 1. The van der Waals surface area contributed by atoms with Crippen LogP contribution in [0.3, 0.4) is 0 Å². The van der Waals surface area contributed by atoms with Crippen molar-refractivity contribution in [3.05, 3.63) is 40.3 Å². The van der Waals surface area contributed by atoms with Crippen molar-refractivity contribution >= 4 is 29.9 Å². The lowest BCUT2D eigenvalue weighted by Crippen LogP contribution is -2.46. The van der Waals surface area contributed by atoms with Crippen LogP contribution in [0.1, 0.15) is 41.6 Å². The Balaban J connectivity index is 0.00000225. The highest BCUT2D eigenvalue weighted by molar-refractivity contribution is 6.33. The third-order valence-electron chi connectivity index (χ3n) is 4.23. The number of aromatic nitrogens is 3. The minimum atomic E-state index is -0.234. The lowest BCUT2D eigenvalue weighted by Gasteiger charge is -2.28. The molecule has 8 heteroatoms. The van der Waals surface area contributed by atoms with Crippen LogP contribution in [0.2, 0.25) is 5.02 Å². The van der Waals surface area contributed by atoms with Gasteiger partial charge in [0.1, 0.15) is 5.69 Å². The number of hydrogen-bond donors (Lipinski definition) is 2. The number of nitrogens with one attached hydrogen (secondary N) is 2. The molecule has 136 valence electrons. The molecule has 0 bridgehead atoms. The summed E-state index contributed by atoms with van der Waals surface area (Å²) in [5.74, 6) is 0.358. The van der Waals surface area contributed by atoms with Crippen LogP contribution >= 0.6 is 24.0 Å². The molecule has 0 spiro atoms. The molecule has 1 saturated heterocycles. The van der Waals surface area contributed by atoms with Gasteiger partial charge in [0.2, 0.25) is 0 Å². The second kappa shape index (κ2) is 8.17. The Labute approximate surface area is 158 Å². The minimum Gasteiger partial charge on any atom is -0.348 e. The van der Waals surface area contributed by atoms with Gasteiger partial charge in [-0.25, -0.2) is 9.67 Å². The minimum absolute atomic E-state index is 0. The van der Waals surface area contributed by atoms with E-state index in [1.807, 2.05) is 19.9 Å². The summed E-state index contributed by atoms with van der Waals surface area (Å²) < 4.78 is 1.72. The molecule has 0 radical (unpaired) electrons. The maximum absolute atomic E-state index is 12.6. The molecule has 1 aliphatic rings. The highest BCUT2D eigenvalue weighted by Gasteiger charge is 2.22. The molecule has 0 aliphatic carbocycles. The predicted molar refractivity (Wildman–Crippen MR) is 101 cm³/mol. The van der Waals surface area contributed by atoms with E-state index in [4.69, 9.17) is 11.6 Å². The Hall–Kier alpha value is -1.63. The molecule has 3 rings (SSSR count). The number of piperidine rings is 1. The van der Waals surface area contributed by atoms with Gasteiger partial charge in [-0.1, -0.05) is 11.6 Å². The van der Waals surface area contributed by atoms with Crippen LogP contribution in [0.25, 0.3) is 5.82 Å². The molecule has 1 aliphatic heterocycles. The van der Waals surface area contributed by atoms with Gasteiger partial charge in [-0.3, -0.25) is 4.79 Å². The van der Waals surface area contributed by atoms with E-state index < -0.39 is 0 Å². The van der Waals surface area contributed by atoms with Crippen LogP contribution in [0.5, 0.6) is 0 Å². The first-order valence-corrected chi connectivity index (χ1v) is 8.56. The summed E-state index contributed by atoms with van der Waals surface area (Å²) in [5.41, 5.74) is 2.10. The first kappa shape index (κ1) is 19.7. The van der Waals surface area contributed by atoms with Crippen molar-refractivity contribution < 1.29 is 4.79 Å².